The van der Waals surface area contributed by atoms with Crippen molar-refractivity contribution < 1.29 is 9.63 Å². The summed E-state index contributed by atoms with van der Waals surface area (Å²) in [5.41, 5.74) is 5.64. The molecule has 0 unspecified atom stereocenters. The van der Waals surface area contributed by atoms with Crippen LogP contribution in [0.25, 0.3) is 0 Å². The minimum absolute atomic E-state index is 0.0747. The highest BCUT2D eigenvalue weighted by Crippen LogP contribution is 2.07. The van der Waals surface area contributed by atoms with Crippen molar-refractivity contribution in [3.63, 3.8) is 0 Å². The van der Waals surface area contributed by atoms with Crippen molar-refractivity contribution in [2.75, 3.05) is 13.2 Å². The van der Waals surface area contributed by atoms with Crippen LogP contribution in [0.1, 0.15) is 26.2 Å². The van der Waals surface area contributed by atoms with E-state index in [4.69, 9.17) is 10.6 Å². The number of rotatable bonds is 3. The molecule has 0 radical (unpaired) electrons. The van der Waals surface area contributed by atoms with Crippen LogP contribution in [0.5, 0.6) is 0 Å². The van der Waals surface area contributed by atoms with Gasteiger partial charge in [-0.15, -0.1) is 0 Å². The summed E-state index contributed by atoms with van der Waals surface area (Å²) >= 11 is 0. The topological polar surface area (TPSA) is 55.6 Å². The highest BCUT2D eigenvalue weighted by molar-refractivity contribution is 5.80. The molecule has 0 bridgehead atoms. The predicted octanol–water partition coefficient (Wildman–Crippen LogP) is 0.278. The zero-order valence-corrected chi connectivity index (χ0v) is 7.45. The van der Waals surface area contributed by atoms with Crippen LogP contribution in [-0.2, 0) is 9.63 Å². The molecule has 1 fully saturated rings. The van der Waals surface area contributed by atoms with Crippen molar-refractivity contribution in [3.8, 4) is 0 Å². The molecule has 1 atom stereocenters. The molecular formula is C8H16N2O2. The molecule has 2 N–H and O–H groups in total. The Hall–Kier alpha value is -0.610. The molecule has 0 aliphatic carbocycles. The summed E-state index contributed by atoms with van der Waals surface area (Å²) in [5.74, 6) is -0.0747. The van der Waals surface area contributed by atoms with E-state index in [1.807, 2.05) is 6.92 Å². The number of nitrogens with two attached hydrogens (primary N) is 1. The van der Waals surface area contributed by atoms with E-state index in [0.29, 0.717) is 13.2 Å². The molecule has 1 aliphatic rings. The molecular weight excluding hydrogens is 156 g/mol. The predicted molar refractivity (Wildman–Crippen MR) is 45.2 cm³/mol. The van der Waals surface area contributed by atoms with Crippen LogP contribution in [0, 0.1) is 0 Å². The van der Waals surface area contributed by atoms with E-state index in [1.54, 1.807) is 0 Å². The van der Waals surface area contributed by atoms with E-state index in [2.05, 4.69) is 0 Å². The van der Waals surface area contributed by atoms with Gasteiger partial charge in [-0.1, -0.05) is 13.3 Å². The Balaban J connectivity index is 2.34. The zero-order chi connectivity index (χ0) is 8.97. The van der Waals surface area contributed by atoms with Crippen LogP contribution in [0.4, 0.5) is 0 Å². The largest absolute Gasteiger partial charge is 0.320 e. The van der Waals surface area contributed by atoms with Gasteiger partial charge < -0.3 is 5.73 Å². The molecule has 1 saturated heterocycles. The fourth-order valence-corrected chi connectivity index (χ4v) is 1.24. The van der Waals surface area contributed by atoms with Crippen molar-refractivity contribution in [3.05, 3.63) is 0 Å². The number of hydrogen-bond donors (Lipinski definition) is 1. The third kappa shape index (κ3) is 2.19. The molecule has 0 spiro atoms. The molecule has 0 saturated carbocycles. The Morgan fingerprint density at radius 3 is 3.00 bits per heavy atom. The van der Waals surface area contributed by atoms with E-state index in [1.165, 1.54) is 5.06 Å². The van der Waals surface area contributed by atoms with Crippen LogP contribution in [0.2, 0.25) is 0 Å². The van der Waals surface area contributed by atoms with Gasteiger partial charge in [0, 0.05) is 0 Å². The normalized spacial score (nSPS) is 19.7. The van der Waals surface area contributed by atoms with Gasteiger partial charge >= 0.3 is 0 Å². The van der Waals surface area contributed by atoms with Crippen molar-refractivity contribution in [2.45, 2.75) is 32.2 Å². The number of carbonyl (C=O) groups is 1. The van der Waals surface area contributed by atoms with Gasteiger partial charge in [0.1, 0.15) is 0 Å². The lowest BCUT2D eigenvalue weighted by atomic mass is 10.1. The average molecular weight is 172 g/mol. The molecule has 4 heteroatoms. The Bertz CT molecular complexity index is 155. The molecule has 70 valence electrons. The Kier molecular flexibility index (Phi) is 3.49. The summed E-state index contributed by atoms with van der Waals surface area (Å²) in [7, 11) is 0. The molecule has 0 aromatic carbocycles. The SMILES string of the molecule is CCC[C@@H](N)C(=O)N1CCCO1. The molecule has 1 aliphatic heterocycles. The summed E-state index contributed by atoms with van der Waals surface area (Å²) in [6.07, 6.45) is 2.59. The molecule has 0 aromatic rings. The second kappa shape index (κ2) is 4.42. The molecule has 1 heterocycles. The van der Waals surface area contributed by atoms with Gasteiger partial charge in [0.05, 0.1) is 19.2 Å². The monoisotopic (exact) mass is 172 g/mol. The maximum atomic E-state index is 11.4. The van der Waals surface area contributed by atoms with E-state index in [9.17, 15) is 4.79 Å². The van der Waals surface area contributed by atoms with Gasteiger partial charge in [0.25, 0.3) is 5.91 Å². The van der Waals surface area contributed by atoms with E-state index in [0.717, 1.165) is 19.3 Å². The third-order valence-electron chi connectivity index (χ3n) is 1.92. The second-order valence-electron chi connectivity index (χ2n) is 3.02. The van der Waals surface area contributed by atoms with Crippen LogP contribution in [-0.4, -0.2) is 30.2 Å². The van der Waals surface area contributed by atoms with Gasteiger partial charge in [0.15, 0.2) is 0 Å². The molecule has 1 rings (SSSR count). The van der Waals surface area contributed by atoms with E-state index >= 15 is 0 Å². The van der Waals surface area contributed by atoms with Crippen LogP contribution in [0.15, 0.2) is 0 Å². The van der Waals surface area contributed by atoms with Crippen molar-refractivity contribution in [2.24, 2.45) is 5.73 Å². The summed E-state index contributed by atoms with van der Waals surface area (Å²) in [6.45, 7) is 3.35. The molecule has 12 heavy (non-hydrogen) atoms. The summed E-state index contributed by atoms with van der Waals surface area (Å²) in [5, 5.41) is 1.39. The molecule has 0 aromatic heterocycles. The number of carbonyl (C=O) groups excluding carboxylic acids is 1. The molecule has 4 nitrogen and oxygen atoms in total. The fraction of sp³-hybridized carbons (Fsp3) is 0.875. The minimum Gasteiger partial charge on any atom is -0.320 e. The van der Waals surface area contributed by atoms with Gasteiger partial charge in [-0.05, 0) is 12.8 Å². The summed E-state index contributed by atoms with van der Waals surface area (Å²) < 4.78 is 0. The van der Waals surface area contributed by atoms with Gasteiger partial charge in [-0.2, -0.15) is 0 Å². The number of hydrogen-bond acceptors (Lipinski definition) is 3. The first-order chi connectivity index (χ1) is 5.75. The van der Waals surface area contributed by atoms with Gasteiger partial charge in [-0.3, -0.25) is 9.63 Å². The maximum Gasteiger partial charge on any atom is 0.263 e. The first kappa shape index (κ1) is 9.48. The number of nitrogens with zero attached hydrogens (tertiary/aromatic N) is 1. The fourth-order valence-electron chi connectivity index (χ4n) is 1.24. The highest BCUT2D eigenvalue weighted by atomic mass is 16.7. The van der Waals surface area contributed by atoms with Crippen LogP contribution < -0.4 is 5.73 Å². The van der Waals surface area contributed by atoms with E-state index in [-0.39, 0.29) is 11.9 Å². The highest BCUT2D eigenvalue weighted by Gasteiger charge is 2.23. The quantitative estimate of drug-likeness (QED) is 0.665. The maximum absolute atomic E-state index is 11.4. The van der Waals surface area contributed by atoms with Crippen molar-refractivity contribution in [1.29, 1.82) is 0 Å². The lowest BCUT2D eigenvalue weighted by Crippen LogP contribution is -2.41. The smallest absolute Gasteiger partial charge is 0.263 e. The first-order valence-electron chi connectivity index (χ1n) is 4.45. The second-order valence-corrected chi connectivity index (χ2v) is 3.02. The van der Waals surface area contributed by atoms with Crippen molar-refractivity contribution >= 4 is 5.91 Å². The number of amides is 1. The molecule has 1 amide bonds. The lowest BCUT2D eigenvalue weighted by Gasteiger charge is -2.17. The van der Waals surface area contributed by atoms with Crippen LogP contribution in [0.3, 0.4) is 0 Å². The van der Waals surface area contributed by atoms with Crippen molar-refractivity contribution in [1.82, 2.24) is 5.06 Å². The summed E-state index contributed by atoms with van der Waals surface area (Å²) in [4.78, 5) is 16.5. The number of hydroxylamine groups is 2. The minimum atomic E-state index is -0.381. The van der Waals surface area contributed by atoms with Gasteiger partial charge in [0.2, 0.25) is 0 Å². The first-order valence-corrected chi connectivity index (χ1v) is 4.45. The Morgan fingerprint density at radius 1 is 1.75 bits per heavy atom. The standard InChI is InChI=1S/C8H16N2O2/c1-2-4-7(9)8(11)10-5-3-6-12-10/h7H,2-6,9H2,1H3/t7-/m1/s1. The average Bonchev–Trinajstić information content (AvgIpc) is 2.55. The van der Waals surface area contributed by atoms with Gasteiger partial charge in [-0.25, -0.2) is 5.06 Å². The van der Waals surface area contributed by atoms with Crippen LogP contribution >= 0.6 is 0 Å². The third-order valence-corrected chi connectivity index (χ3v) is 1.92. The summed E-state index contributed by atoms with van der Waals surface area (Å²) in [6, 6.07) is -0.381. The Morgan fingerprint density at radius 2 is 2.50 bits per heavy atom. The van der Waals surface area contributed by atoms with E-state index < -0.39 is 0 Å². The lowest BCUT2D eigenvalue weighted by molar-refractivity contribution is -0.170. The Labute approximate surface area is 72.6 Å². The zero-order valence-electron chi connectivity index (χ0n) is 7.45.